The van der Waals surface area contributed by atoms with Gasteiger partial charge in [0, 0.05) is 0 Å². The maximum Gasteiger partial charge on any atom is 0.342 e. The topological polar surface area (TPSA) is 95.6 Å². The molecule has 0 amide bonds. The Balaban J connectivity index is 1.93. The molecule has 6 nitrogen and oxygen atoms in total. The van der Waals surface area contributed by atoms with E-state index < -0.39 is 5.97 Å². The average molecular weight is 342 g/mol. The zero-order valence-corrected chi connectivity index (χ0v) is 13.4. The van der Waals surface area contributed by atoms with Gasteiger partial charge in [-0.05, 0) is 41.6 Å². The van der Waals surface area contributed by atoms with Crippen molar-refractivity contribution < 1.29 is 24.2 Å². The maximum absolute atomic E-state index is 11.5. The van der Waals surface area contributed by atoms with Gasteiger partial charge in [-0.3, -0.25) is 0 Å². The van der Waals surface area contributed by atoms with E-state index in [1.165, 1.54) is 31.4 Å². The zero-order valence-electron chi connectivity index (χ0n) is 12.6. The SMILES string of the molecule is COc1cc(/C=C(/Sc2nc3ccccc3o2)C(=O)O)ccc1[O-]. The van der Waals surface area contributed by atoms with Gasteiger partial charge in [-0.1, -0.05) is 30.0 Å². The van der Waals surface area contributed by atoms with Crippen LogP contribution in [-0.2, 0) is 4.79 Å². The van der Waals surface area contributed by atoms with Crippen LogP contribution < -0.4 is 9.84 Å². The van der Waals surface area contributed by atoms with Crippen molar-refractivity contribution in [2.75, 3.05) is 7.11 Å². The second-order valence-electron chi connectivity index (χ2n) is 4.77. The number of nitrogens with zero attached hydrogens (tertiary/aromatic N) is 1. The van der Waals surface area contributed by atoms with Crippen molar-refractivity contribution in [3.05, 3.63) is 52.9 Å². The van der Waals surface area contributed by atoms with Crippen LogP contribution in [0, 0.1) is 0 Å². The largest absolute Gasteiger partial charge is 0.870 e. The molecule has 122 valence electrons. The molecular formula is C17H12NO5S-. The first-order chi connectivity index (χ1) is 11.6. The maximum atomic E-state index is 11.5. The Morgan fingerprint density at radius 1 is 1.33 bits per heavy atom. The number of rotatable bonds is 5. The van der Waals surface area contributed by atoms with Crippen molar-refractivity contribution in [3.8, 4) is 11.5 Å². The van der Waals surface area contributed by atoms with E-state index in [1.807, 2.05) is 12.1 Å². The number of oxazole rings is 1. The molecule has 7 heteroatoms. The zero-order chi connectivity index (χ0) is 17.1. The summed E-state index contributed by atoms with van der Waals surface area (Å²) < 4.78 is 10.5. The monoisotopic (exact) mass is 342 g/mol. The third kappa shape index (κ3) is 3.36. The first-order valence-electron chi connectivity index (χ1n) is 6.90. The normalized spacial score (nSPS) is 11.6. The smallest absolute Gasteiger partial charge is 0.342 e. The van der Waals surface area contributed by atoms with Crippen molar-refractivity contribution in [1.82, 2.24) is 4.98 Å². The van der Waals surface area contributed by atoms with Gasteiger partial charge in [0.05, 0.1) is 7.11 Å². The molecule has 1 aromatic heterocycles. The molecule has 3 aromatic rings. The molecule has 2 aromatic carbocycles. The number of ether oxygens (including phenoxy) is 1. The predicted octanol–water partition coefficient (Wildman–Crippen LogP) is 3.13. The molecule has 0 aliphatic carbocycles. The second kappa shape index (κ2) is 6.67. The molecule has 0 bridgehead atoms. The number of para-hydroxylation sites is 2. The van der Waals surface area contributed by atoms with Crippen LogP contribution >= 0.6 is 11.8 Å². The molecular weight excluding hydrogens is 330 g/mol. The molecule has 0 aliphatic heterocycles. The van der Waals surface area contributed by atoms with Gasteiger partial charge in [-0.15, -0.1) is 0 Å². The molecule has 0 unspecified atom stereocenters. The highest BCUT2D eigenvalue weighted by molar-refractivity contribution is 8.03. The molecule has 0 radical (unpaired) electrons. The summed E-state index contributed by atoms with van der Waals surface area (Å²) in [5.41, 5.74) is 1.77. The van der Waals surface area contributed by atoms with Crippen molar-refractivity contribution in [1.29, 1.82) is 0 Å². The summed E-state index contributed by atoms with van der Waals surface area (Å²) in [4.78, 5) is 15.8. The van der Waals surface area contributed by atoms with Crippen molar-refractivity contribution in [2.24, 2.45) is 0 Å². The molecule has 0 saturated carbocycles. The molecule has 3 rings (SSSR count). The molecule has 0 aliphatic rings. The van der Waals surface area contributed by atoms with Crippen LogP contribution in [0.5, 0.6) is 11.5 Å². The number of fused-ring (bicyclic) bond motifs is 1. The number of thioether (sulfide) groups is 1. The summed E-state index contributed by atoms with van der Waals surface area (Å²) >= 11 is 0.900. The lowest BCUT2D eigenvalue weighted by atomic mass is 10.2. The van der Waals surface area contributed by atoms with E-state index in [-0.39, 0.29) is 21.6 Å². The molecule has 0 fully saturated rings. The van der Waals surface area contributed by atoms with Gasteiger partial charge in [0.25, 0.3) is 5.22 Å². The minimum atomic E-state index is -1.12. The van der Waals surface area contributed by atoms with Crippen molar-refractivity contribution >= 4 is 34.9 Å². The standard InChI is InChI=1S/C17H13NO5S/c1-22-14-8-10(6-7-12(14)19)9-15(16(20)21)24-17-18-11-4-2-3-5-13(11)23-17/h2-9,19H,1H3,(H,20,21)/p-1/b15-9+. The first kappa shape index (κ1) is 15.9. The van der Waals surface area contributed by atoms with Gasteiger partial charge in [0.15, 0.2) is 5.58 Å². The quantitative estimate of drug-likeness (QED) is 0.562. The van der Waals surface area contributed by atoms with Gasteiger partial charge in [0.1, 0.15) is 16.2 Å². The average Bonchev–Trinajstić information content (AvgIpc) is 2.98. The fourth-order valence-corrected chi connectivity index (χ4v) is 2.79. The summed E-state index contributed by atoms with van der Waals surface area (Å²) in [6.07, 6.45) is 1.43. The van der Waals surface area contributed by atoms with E-state index >= 15 is 0 Å². The summed E-state index contributed by atoms with van der Waals surface area (Å²) in [7, 11) is 1.38. The second-order valence-corrected chi connectivity index (χ2v) is 5.77. The number of carboxylic acids is 1. The first-order valence-corrected chi connectivity index (χ1v) is 7.72. The minimum absolute atomic E-state index is 0.0160. The third-order valence-corrected chi connectivity index (χ3v) is 4.03. The molecule has 1 heterocycles. The van der Waals surface area contributed by atoms with E-state index in [1.54, 1.807) is 12.1 Å². The Kier molecular flexibility index (Phi) is 4.43. The number of aliphatic carboxylic acids is 1. The molecule has 24 heavy (non-hydrogen) atoms. The fraction of sp³-hybridized carbons (Fsp3) is 0.0588. The van der Waals surface area contributed by atoms with Crippen molar-refractivity contribution in [2.45, 2.75) is 5.22 Å². The lowest BCUT2D eigenvalue weighted by Crippen LogP contribution is -1.98. The van der Waals surface area contributed by atoms with E-state index in [2.05, 4.69) is 4.98 Å². The van der Waals surface area contributed by atoms with Gasteiger partial charge in [0.2, 0.25) is 0 Å². The summed E-state index contributed by atoms with van der Waals surface area (Å²) in [5.74, 6) is -1.23. The molecule has 0 atom stereocenters. The van der Waals surface area contributed by atoms with Crippen LogP contribution in [0.25, 0.3) is 17.2 Å². The molecule has 0 spiro atoms. The Hall–Kier alpha value is -2.93. The van der Waals surface area contributed by atoms with E-state index in [0.717, 1.165) is 11.8 Å². The summed E-state index contributed by atoms with van der Waals surface area (Å²) in [6.45, 7) is 0. The lowest BCUT2D eigenvalue weighted by molar-refractivity contribution is -0.270. The Morgan fingerprint density at radius 2 is 2.12 bits per heavy atom. The van der Waals surface area contributed by atoms with Crippen molar-refractivity contribution in [3.63, 3.8) is 0 Å². The number of methoxy groups -OCH3 is 1. The van der Waals surface area contributed by atoms with E-state index in [9.17, 15) is 15.0 Å². The number of benzene rings is 2. The highest BCUT2D eigenvalue weighted by Crippen LogP contribution is 2.32. The van der Waals surface area contributed by atoms with Crippen LogP contribution in [0.1, 0.15) is 5.56 Å². The third-order valence-electron chi connectivity index (χ3n) is 3.17. The highest BCUT2D eigenvalue weighted by Gasteiger charge is 2.15. The summed E-state index contributed by atoms with van der Waals surface area (Å²) in [6, 6.07) is 11.5. The molecule has 0 saturated heterocycles. The Morgan fingerprint density at radius 3 is 2.83 bits per heavy atom. The lowest BCUT2D eigenvalue weighted by Gasteiger charge is -2.12. The van der Waals surface area contributed by atoms with Gasteiger partial charge < -0.3 is 19.4 Å². The number of carboxylic acid groups (broad SMARTS) is 1. The van der Waals surface area contributed by atoms with Crippen LogP contribution in [0.4, 0.5) is 0 Å². The van der Waals surface area contributed by atoms with Gasteiger partial charge in [-0.25, -0.2) is 9.78 Å². The van der Waals surface area contributed by atoms with Crippen LogP contribution in [0.2, 0.25) is 0 Å². The van der Waals surface area contributed by atoms with Crippen LogP contribution in [0.3, 0.4) is 0 Å². The fourth-order valence-electron chi connectivity index (χ4n) is 2.05. The van der Waals surface area contributed by atoms with Gasteiger partial charge >= 0.3 is 5.97 Å². The van der Waals surface area contributed by atoms with Crippen LogP contribution in [-0.4, -0.2) is 23.2 Å². The Labute approximate surface area is 141 Å². The predicted molar refractivity (Wildman–Crippen MR) is 87.9 cm³/mol. The number of carbonyl (C=O) groups is 1. The van der Waals surface area contributed by atoms with E-state index in [4.69, 9.17) is 9.15 Å². The molecule has 1 N–H and O–H groups in total. The number of aromatic nitrogens is 1. The van der Waals surface area contributed by atoms with Crippen LogP contribution in [0.15, 0.2) is 57.0 Å². The number of hydrogen-bond acceptors (Lipinski definition) is 6. The van der Waals surface area contributed by atoms with Gasteiger partial charge in [-0.2, -0.15) is 0 Å². The highest BCUT2D eigenvalue weighted by atomic mass is 32.2. The Bertz CT molecular complexity index is 899. The van der Waals surface area contributed by atoms with E-state index in [0.29, 0.717) is 16.7 Å². The summed E-state index contributed by atoms with van der Waals surface area (Å²) in [5, 5.41) is 21.2. The minimum Gasteiger partial charge on any atom is -0.870 e. The number of hydrogen-bond donors (Lipinski definition) is 1.